The van der Waals surface area contributed by atoms with Gasteiger partial charge in [0.2, 0.25) is 0 Å². The van der Waals surface area contributed by atoms with Crippen LogP contribution < -0.4 is 0 Å². The van der Waals surface area contributed by atoms with Crippen molar-refractivity contribution in [3.05, 3.63) is 111 Å². The maximum Gasteiger partial charge on any atom is 0.335 e. The molecule has 33 heavy (non-hydrogen) atoms. The Morgan fingerprint density at radius 2 is 1.36 bits per heavy atom. The zero-order chi connectivity index (χ0) is 23.8. The molecule has 0 atom stereocenters. The lowest BCUT2D eigenvalue weighted by molar-refractivity contribution is 0.0697. The number of rotatable bonds is 6. The van der Waals surface area contributed by atoms with Gasteiger partial charge in [0.15, 0.2) is 9.84 Å². The van der Waals surface area contributed by atoms with E-state index in [4.69, 9.17) is 23.2 Å². The Hall–Kier alpha value is -2.64. The van der Waals surface area contributed by atoms with Crippen LogP contribution in [0.15, 0.2) is 78.4 Å². The van der Waals surface area contributed by atoms with E-state index in [1.165, 1.54) is 12.1 Å². The van der Waals surface area contributed by atoms with Crippen molar-refractivity contribution in [3.8, 4) is 0 Å². The minimum absolute atomic E-state index is 0.0469. The second-order valence-electron chi connectivity index (χ2n) is 8.00. The van der Waals surface area contributed by atoms with Gasteiger partial charge in [-0.25, -0.2) is 13.2 Å². The zero-order valence-electron chi connectivity index (χ0n) is 17.7. The number of likely N-dealkylation sites (tertiary alicyclic amines) is 1. The number of hydrogen-bond acceptors (Lipinski definition) is 4. The van der Waals surface area contributed by atoms with E-state index in [2.05, 4.69) is 4.90 Å². The molecule has 5 nitrogen and oxygen atoms in total. The number of carboxylic acids is 1. The van der Waals surface area contributed by atoms with Gasteiger partial charge in [-0.05, 0) is 58.7 Å². The highest BCUT2D eigenvalue weighted by atomic mass is 35.5. The van der Waals surface area contributed by atoms with Crippen LogP contribution in [-0.4, -0.2) is 43.7 Å². The standard InChI is InChI=1S/C25H21Cl2NO4S/c1-33(31,32)24(18-3-2-4-19(13-18)25(29)30)20-14-28(15-20)23(16-5-9-21(26)10-6-16)17-7-11-22(27)12-8-17/h2-13,23H,14-15H2,1H3,(H,29,30). The minimum atomic E-state index is -3.59. The fourth-order valence-corrected chi connectivity index (χ4v) is 5.61. The number of carbonyl (C=O) groups is 1. The molecule has 0 saturated carbocycles. The molecule has 0 amide bonds. The molecule has 1 N–H and O–H groups in total. The second-order valence-corrected chi connectivity index (χ2v) is 10.8. The summed E-state index contributed by atoms with van der Waals surface area (Å²) in [6.45, 7) is 0.852. The summed E-state index contributed by atoms with van der Waals surface area (Å²) < 4.78 is 25.4. The summed E-state index contributed by atoms with van der Waals surface area (Å²) in [5.41, 5.74) is 3.23. The Balaban J connectivity index is 1.73. The van der Waals surface area contributed by atoms with E-state index in [1.807, 2.05) is 48.5 Å². The first kappa shape index (κ1) is 23.5. The highest BCUT2D eigenvalue weighted by Crippen LogP contribution is 2.38. The normalized spacial score (nSPS) is 14.2. The van der Waals surface area contributed by atoms with E-state index in [0.717, 1.165) is 23.0 Å². The minimum Gasteiger partial charge on any atom is -0.478 e. The molecule has 0 spiro atoms. The number of halogens is 2. The molecule has 1 saturated heterocycles. The Bertz CT molecular complexity index is 1280. The van der Waals surface area contributed by atoms with Gasteiger partial charge in [0.25, 0.3) is 0 Å². The highest BCUT2D eigenvalue weighted by Gasteiger charge is 2.34. The van der Waals surface area contributed by atoms with Crippen LogP contribution in [0.3, 0.4) is 0 Å². The van der Waals surface area contributed by atoms with Crippen molar-refractivity contribution in [1.82, 2.24) is 4.90 Å². The van der Waals surface area contributed by atoms with Crippen LogP contribution in [0.2, 0.25) is 10.0 Å². The molecule has 4 rings (SSSR count). The van der Waals surface area contributed by atoms with Crippen molar-refractivity contribution in [2.24, 2.45) is 0 Å². The first-order valence-electron chi connectivity index (χ1n) is 10.1. The molecule has 1 aliphatic rings. The van der Waals surface area contributed by atoms with Gasteiger partial charge in [0.05, 0.1) is 16.5 Å². The number of sulfone groups is 1. The summed E-state index contributed by atoms with van der Waals surface area (Å²) in [7, 11) is -3.59. The van der Waals surface area contributed by atoms with Crippen molar-refractivity contribution in [2.45, 2.75) is 6.04 Å². The first-order chi connectivity index (χ1) is 15.6. The third kappa shape index (κ3) is 5.14. The summed E-state index contributed by atoms with van der Waals surface area (Å²) in [6, 6.07) is 21.1. The van der Waals surface area contributed by atoms with Crippen LogP contribution in [-0.2, 0) is 9.84 Å². The zero-order valence-corrected chi connectivity index (χ0v) is 20.0. The lowest BCUT2D eigenvalue weighted by Gasteiger charge is -2.42. The van der Waals surface area contributed by atoms with Gasteiger partial charge in [-0.3, -0.25) is 4.90 Å². The molecule has 1 heterocycles. The molecule has 1 fully saturated rings. The van der Waals surface area contributed by atoms with Gasteiger partial charge in [0, 0.05) is 29.4 Å². The van der Waals surface area contributed by atoms with E-state index < -0.39 is 15.8 Å². The number of carboxylic acid groups (broad SMARTS) is 1. The van der Waals surface area contributed by atoms with E-state index >= 15 is 0 Å². The molecule has 1 aliphatic heterocycles. The predicted molar refractivity (Wildman–Crippen MR) is 131 cm³/mol. The average Bonchev–Trinajstić information content (AvgIpc) is 2.73. The smallest absolute Gasteiger partial charge is 0.335 e. The summed E-state index contributed by atoms with van der Waals surface area (Å²) in [6.07, 6.45) is 1.15. The van der Waals surface area contributed by atoms with E-state index in [9.17, 15) is 18.3 Å². The summed E-state index contributed by atoms with van der Waals surface area (Å²) in [5, 5.41) is 10.6. The SMILES string of the molecule is CS(=O)(=O)C(=C1CN(C(c2ccc(Cl)cc2)c2ccc(Cl)cc2)C1)c1cccc(C(=O)O)c1. The molecule has 0 aliphatic carbocycles. The topological polar surface area (TPSA) is 74.7 Å². The van der Waals surface area contributed by atoms with Crippen LogP contribution in [0.4, 0.5) is 0 Å². The van der Waals surface area contributed by atoms with Gasteiger partial charge in [-0.2, -0.15) is 0 Å². The van der Waals surface area contributed by atoms with Crippen LogP contribution in [0.5, 0.6) is 0 Å². The Morgan fingerprint density at radius 3 is 1.82 bits per heavy atom. The molecule has 0 unspecified atom stereocenters. The summed E-state index contributed by atoms with van der Waals surface area (Å²) in [5.74, 6) is -1.10. The third-order valence-electron chi connectivity index (χ3n) is 5.59. The van der Waals surface area contributed by atoms with Gasteiger partial charge in [-0.15, -0.1) is 0 Å². The Morgan fingerprint density at radius 1 is 0.879 bits per heavy atom. The molecule has 0 radical (unpaired) electrons. The van der Waals surface area contributed by atoms with Crippen molar-refractivity contribution in [1.29, 1.82) is 0 Å². The van der Waals surface area contributed by atoms with Crippen LogP contribution >= 0.6 is 23.2 Å². The second kappa shape index (κ2) is 9.31. The van der Waals surface area contributed by atoms with Gasteiger partial charge in [0.1, 0.15) is 0 Å². The quantitative estimate of drug-likeness (QED) is 0.478. The van der Waals surface area contributed by atoms with E-state index in [-0.39, 0.29) is 16.5 Å². The Kier molecular flexibility index (Phi) is 6.64. The average molecular weight is 502 g/mol. The summed E-state index contributed by atoms with van der Waals surface area (Å²) in [4.78, 5) is 13.7. The van der Waals surface area contributed by atoms with Crippen molar-refractivity contribution in [2.75, 3.05) is 19.3 Å². The molecular weight excluding hydrogens is 481 g/mol. The fourth-order valence-electron chi connectivity index (χ4n) is 4.15. The fraction of sp³-hybridized carbons (Fsp3) is 0.160. The molecular formula is C25H21Cl2NO4S. The number of benzene rings is 3. The highest BCUT2D eigenvalue weighted by molar-refractivity contribution is 8.00. The van der Waals surface area contributed by atoms with E-state index in [0.29, 0.717) is 28.7 Å². The van der Waals surface area contributed by atoms with Crippen molar-refractivity contribution < 1.29 is 18.3 Å². The van der Waals surface area contributed by atoms with Crippen LogP contribution in [0.25, 0.3) is 4.91 Å². The van der Waals surface area contributed by atoms with Gasteiger partial charge in [-0.1, -0.05) is 59.6 Å². The van der Waals surface area contributed by atoms with Crippen LogP contribution in [0.1, 0.15) is 33.1 Å². The monoisotopic (exact) mass is 501 g/mol. The number of hydrogen-bond donors (Lipinski definition) is 1. The predicted octanol–water partition coefficient (Wildman–Crippen LogP) is 5.55. The van der Waals surface area contributed by atoms with Crippen molar-refractivity contribution in [3.63, 3.8) is 0 Å². The maximum absolute atomic E-state index is 12.7. The third-order valence-corrected chi connectivity index (χ3v) is 7.36. The number of aromatic carboxylic acids is 1. The van der Waals surface area contributed by atoms with Gasteiger partial charge >= 0.3 is 5.97 Å². The van der Waals surface area contributed by atoms with Gasteiger partial charge < -0.3 is 5.11 Å². The number of nitrogens with zero attached hydrogens (tertiary/aromatic N) is 1. The molecule has 8 heteroatoms. The first-order valence-corrected chi connectivity index (χ1v) is 12.8. The lowest BCUT2D eigenvalue weighted by atomic mass is 9.92. The van der Waals surface area contributed by atoms with Crippen molar-refractivity contribution >= 4 is 43.9 Å². The molecule has 3 aromatic carbocycles. The summed E-state index contributed by atoms with van der Waals surface area (Å²) >= 11 is 12.2. The largest absolute Gasteiger partial charge is 0.478 e. The van der Waals surface area contributed by atoms with Crippen LogP contribution in [0, 0.1) is 0 Å². The van der Waals surface area contributed by atoms with E-state index in [1.54, 1.807) is 12.1 Å². The molecule has 170 valence electrons. The molecule has 0 bridgehead atoms. The Labute approximate surface area is 202 Å². The molecule has 0 aromatic heterocycles. The lowest BCUT2D eigenvalue weighted by Crippen LogP contribution is -2.44. The molecule has 3 aromatic rings. The maximum atomic E-state index is 12.7.